The maximum absolute atomic E-state index is 5.90. The Bertz CT molecular complexity index is 575. The molecule has 102 valence electrons. The Balaban J connectivity index is 2.15. The zero-order chi connectivity index (χ0) is 14.0. The van der Waals surface area contributed by atoms with Gasteiger partial charge in [0.25, 0.3) is 0 Å². The molecule has 5 heteroatoms. The van der Waals surface area contributed by atoms with Crippen LogP contribution in [0, 0.1) is 13.8 Å². The van der Waals surface area contributed by atoms with Crippen LogP contribution in [0.15, 0.2) is 18.5 Å². The third kappa shape index (κ3) is 2.86. The minimum Gasteiger partial charge on any atom is -0.485 e. The molecule has 0 aliphatic carbocycles. The van der Waals surface area contributed by atoms with Crippen molar-refractivity contribution in [3.63, 3.8) is 0 Å². The van der Waals surface area contributed by atoms with Crippen LogP contribution in [0.4, 0.5) is 5.69 Å². The van der Waals surface area contributed by atoms with Gasteiger partial charge in [-0.05, 0) is 38.8 Å². The van der Waals surface area contributed by atoms with Crippen LogP contribution in [0.25, 0.3) is 0 Å². The Labute approximate surface area is 113 Å². The number of anilines is 1. The fourth-order valence-electron chi connectivity index (χ4n) is 1.95. The van der Waals surface area contributed by atoms with E-state index in [2.05, 4.69) is 23.9 Å². The van der Waals surface area contributed by atoms with E-state index >= 15 is 0 Å². The van der Waals surface area contributed by atoms with E-state index in [0.29, 0.717) is 6.61 Å². The molecule has 1 aromatic carbocycles. The number of benzene rings is 1. The van der Waals surface area contributed by atoms with Gasteiger partial charge in [-0.2, -0.15) is 5.10 Å². The fourth-order valence-corrected chi connectivity index (χ4v) is 1.95. The highest BCUT2D eigenvalue weighted by Gasteiger charge is 2.09. The number of nitrogens with two attached hydrogens (primary N) is 1. The van der Waals surface area contributed by atoms with Crippen LogP contribution in [-0.2, 0) is 6.61 Å². The van der Waals surface area contributed by atoms with E-state index in [4.69, 9.17) is 10.5 Å². The first-order chi connectivity index (χ1) is 8.99. The Morgan fingerprint density at radius 3 is 2.68 bits per heavy atom. The monoisotopic (exact) mass is 260 g/mol. The zero-order valence-electron chi connectivity index (χ0n) is 11.8. The van der Waals surface area contributed by atoms with Gasteiger partial charge in [0.2, 0.25) is 0 Å². The molecule has 2 aromatic rings. The molecule has 0 radical (unpaired) electrons. The summed E-state index contributed by atoms with van der Waals surface area (Å²) in [5, 5.41) is 4.18. The quantitative estimate of drug-likeness (QED) is 0.858. The van der Waals surface area contributed by atoms with E-state index in [1.165, 1.54) is 0 Å². The van der Waals surface area contributed by atoms with Gasteiger partial charge in [0.1, 0.15) is 18.7 Å². The molecule has 0 aliphatic rings. The number of aromatic nitrogens is 3. The molecule has 2 N–H and O–H groups in total. The second-order valence-electron chi connectivity index (χ2n) is 4.98. The van der Waals surface area contributed by atoms with Crippen LogP contribution in [0.1, 0.15) is 36.8 Å². The van der Waals surface area contributed by atoms with Crippen molar-refractivity contribution in [2.24, 2.45) is 0 Å². The molecule has 0 spiro atoms. The fraction of sp³-hybridized carbons (Fsp3) is 0.429. The van der Waals surface area contributed by atoms with Gasteiger partial charge >= 0.3 is 0 Å². The molecule has 1 heterocycles. The Morgan fingerprint density at radius 1 is 1.26 bits per heavy atom. The molecule has 2 rings (SSSR count). The molecule has 0 unspecified atom stereocenters. The number of ether oxygens (including phenoxy) is 1. The topological polar surface area (TPSA) is 66.0 Å². The molecule has 0 bridgehead atoms. The molecule has 0 atom stereocenters. The summed E-state index contributed by atoms with van der Waals surface area (Å²) in [5.41, 5.74) is 8.78. The lowest BCUT2D eigenvalue weighted by Crippen LogP contribution is -2.11. The molecular formula is C14H20N4O. The van der Waals surface area contributed by atoms with Crippen molar-refractivity contribution < 1.29 is 4.74 Å². The third-order valence-electron chi connectivity index (χ3n) is 3.06. The minimum atomic E-state index is 0.269. The molecule has 1 aromatic heterocycles. The lowest BCUT2D eigenvalue weighted by Gasteiger charge is -2.13. The molecule has 0 amide bonds. The van der Waals surface area contributed by atoms with E-state index < -0.39 is 0 Å². The van der Waals surface area contributed by atoms with Crippen LogP contribution in [0.2, 0.25) is 0 Å². The summed E-state index contributed by atoms with van der Waals surface area (Å²) >= 11 is 0. The summed E-state index contributed by atoms with van der Waals surface area (Å²) in [5.74, 6) is 1.61. The molecule has 0 fully saturated rings. The van der Waals surface area contributed by atoms with Crippen molar-refractivity contribution in [1.29, 1.82) is 0 Å². The van der Waals surface area contributed by atoms with E-state index in [1.807, 2.05) is 30.7 Å². The first-order valence-corrected chi connectivity index (χ1v) is 6.37. The normalized spacial score (nSPS) is 11.0. The first-order valence-electron chi connectivity index (χ1n) is 6.37. The van der Waals surface area contributed by atoms with Crippen LogP contribution in [-0.4, -0.2) is 14.8 Å². The largest absolute Gasteiger partial charge is 0.485 e. The SMILES string of the molecule is Cc1cc(C)c(OCc2ncnn2C(C)C)cc1N. The smallest absolute Gasteiger partial charge is 0.165 e. The summed E-state index contributed by atoms with van der Waals surface area (Å²) in [4.78, 5) is 4.22. The van der Waals surface area contributed by atoms with E-state index in [-0.39, 0.29) is 6.04 Å². The van der Waals surface area contributed by atoms with Crippen LogP contribution in [0.3, 0.4) is 0 Å². The Hall–Kier alpha value is -2.04. The van der Waals surface area contributed by atoms with Crippen molar-refractivity contribution in [3.05, 3.63) is 35.4 Å². The number of hydrogen-bond acceptors (Lipinski definition) is 4. The summed E-state index contributed by atoms with van der Waals surface area (Å²) < 4.78 is 7.66. The number of aryl methyl sites for hydroxylation is 2. The number of hydrogen-bond donors (Lipinski definition) is 1. The minimum absolute atomic E-state index is 0.269. The lowest BCUT2D eigenvalue weighted by atomic mass is 10.1. The predicted molar refractivity (Wildman–Crippen MR) is 75.1 cm³/mol. The molecule has 0 aliphatic heterocycles. The number of rotatable bonds is 4. The third-order valence-corrected chi connectivity index (χ3v) is 3.06. The highest BCUT2D eigenvalue weighted by molar-refractivity contribution is 5.54. The van der Waals surface area contributed by atoms with E-state index in [9.17, 15) is 0 Å². The summed E-state index contributed by atoms with van der Waals surface area (Å²) in [6.45, 7) is 8.51. The highest BCUT2D eigenvalue weighted by Crippen LogP contribution is 2.25. The van der Waals surface area contributed by atoms with Crippen molar-refractivity contribution in [2.75, 3.05) is 5.73 Å². The van der Waals surface area contributed by atoms with Gasteiger partial charge in [-0.1, -0.05) is 6.07 Å². The highest BCUT2D eigenvalue weighted by atomic mass is 16.5. The number of nitrogens with zero attached hydrogens (tertiary/aromatic N) is 3. The average molecular weight is 260 g/mol. The van der Waals surface area contributed by atoms with Crippen LogP contribution < -0.4 is 10.5 Å². The summed E-state index contributed by atoms with van der Waals surface area (Å²) in [6.07, 6.45) is 1.55. The van der Waals surface area contributed by atoms with Gasteiger partial charge in [-0.3, -0.25) is 0 Å². The molecular weight excluding hydrogens is 240 g/mol. The van der Waals surface area contributed by atoms with Crippen molar-refractivity contribution >= 4 is 5.69 Å². The van der Waals surface area contributed by atoms with Gasteiger partial charge in [0.05, 0.1) is 0 Å². The maximum atomic E-state index is 5.90. The van der Waals surface area contributed by atoms with Gasteiger partial charge in [-0.25, -0.2) is 9.67 Å². The van der Waals surface area contributed by atoms with Crippen LogP contribution >= 0.6 is 0 Å². The lowest BCUT2D eigenvalue weighted by molar-refractivity contribution is 0.281. The molecule has 0 saturated heterocycles. The first kappa shape index (κ1) is 13.4. The predicted octanol–water partition coefficient (Wildman–Crippen LogP) is 2.64. The van der Waals surface area contributed by atoms with Gasteiger partial charge < -0.3 is 10.5 Å². The average Bonchev–Trinajstić information content (AvgIpc) is 2.80. The van der Waals surface area contributed by atoms with E-state index in [1.54, 1.807) is 6.33 Å². The summed E-state index contributed by atoms with van der Waals surface area (Å²) in [7, 11) is 0. The maximum Gasteiger partial charge on any atom is 0.165 e. The molecule has 0 saturated carbocycles. The Morgan fingerprint density at radius 2 is 2.00 bits per heavy atom. The van der Waals surface area contributed by atoms with Gasteiger partial charge in [0.15, 0.2) is 5.82 Å². The van der Waals surface area contributed by atoms with Gasteiger partial charge in [-0.15, -0.1) is 0 Å². The standard InChI is InChI=1S/C14H20N4O/c1-9(2)18-14(16-8-17-18)7-19-13-6-12(15)10(3)5-11(13)4/h5-6,8-9H,7,15H2,1-4H3. The summed E-state index contributed by atoms with van der Waals surface area (Å²) in [6, 6.07) is 4.16. The van der Waals surface area contributed by atoms with Gasteiger partial charge in [0, 0.05) is 17.8 Å². The van der Waals surface area contributed by atoms with E-state index in [0.717, 1.165) is 28.4 Å². The van der Waals surface area contributed by atoms with Crippen LogP contribution in [0.5, 0.6) is 5.75 Å². The Kier molecular flexibility index (Phi) is 3.74. The molecule has 19 heavy (non-hydrogen) atoms. The molecule has 5 nitrogen and oxygen atoms in total. The second kappa shape index (κ2) is 5.30. The zero-order valence-corrected chi connectivity index (χ0v) is 11.8. The number of nitrogen functional groups attached to an aromatic ring is 1. The van der Waals surface area contributed by atoms with Crippen molar-refractivity contribution in [1.82, 2.24) is 14.8 Å². The van der Waals surface area contributed by atoms with Crippen molar-refractivity contribution in [2.45, 2.75) is 40.3 Å². The van der Waals surface area contributed by atoms with Crippen molar-refractivity contribution in [3.8, 4) is 5.75 Å². The second-order valence-corrected chi connectivity index (χ2v) is 4.98.